The molecule has 1 N–H and O–H groups in total. The van der Waals surface area contributed by atoms with Crippen LogP contribution in [0.15, 0.2) is 6.07 Å². The molecule has 17 heavy (non-hydrogen) atoms. The summed E-state index contributed by atoms with van der Waals surface area (Å²) in [6, 6.07) is 2.62. The van der Waals surface area contributed by atoms with Gasteiger partial charge in [0.2, 0.25) is 0 Å². The molecule has 1 aromatic rings. The summed E-state index contributed by atoms with van der Waals surface area (Å²) in [4.78, 5) is 9.05. The summed E-state index contributed by atoms with van der Waals surface area (Å²) >= 11 is 0. The van der Waals surface area contributed by atoms with Gasteiger partial charge in [-0.2, -0.15) is 0 Å². The van der Waals surface area contributed by atoms with E-state index in [1.54, 1.807) is 0 Å². The van der Waals surface area contributed by atoms with Gasteiger partial charge in [0.25, 0.3) is 0 Å². The Hall–Kier alpha value is -0.960. The van der Waals surface area contributed by atoms with Crippen molar-refractivity contribution in [3.05, 3.63) is 23.3 Å². The maximum atomic E-state index is 4.61. The van der Waals surface area contributed by atoms with Crippen LogP contribution in [-0.2, 0) is 6.42 Å². The second-order valence-corrected chi connectivity index (χ2v) is 4.55. The molecule has 1 rings (SSSR count). The van der Waals surface area contributed by atoms with E-state index < -0.39 is 0 Å². The summed E-state index contributed by atoms with van der Waals surface area (Å²) in [5, 5.41) is 3.49. The van der Waals surface area contributed by atoms with Gasteiger partial charge in [0.15, 0.2) is 0 Å². The Bertz CT molecular complexity index is 349. The lowest BCUT2D eigenvalue weighted by atomic mass is 9.93. The zero-order valence-corrected chi connectivity index (χ0v) is 11.7. The molecule has 3 heteroatoms. The van der Waals surface area contributed by atoms with Crippen LogP contribution in [0.3, 0.4) is 0 Å². The zero-order valence-electron chi connectivity index (χ0n) is 11.7. The number of likely N-dealkylation sites (N-methyl/N-ethyl adjacent to an activating group) is 1. The van der Waals surface area contributed by atoms with Gasteiger partial charge >= 0.3 is 0 Å². The van der Waals surface area contributed by atoms with E-state index in [9.17, 15) is 0 Å². The molecule has 0 spiro atoms. The molecule has 1 aromatic heterocycles. The maximum Gasteiger partial charge on any atom is 0.125 e. The molecule has 0 aliphatic carbocycles. The van der Waals surface area contributed by atoms with Gasteiger partial charge in [0, 0.05) is 23.3 Å². The fourth-order valence-corrected chi connectivity index (χ4v) is 2.31. The monoisotopic (exact) mass is 235 g/mol. The Morgan fingerprint density at radius 3 is 2.47 bits per heavy atom. The number of rotatable bonds is 6. The Labute approximate surface area is 105 Å². The van der Waals surface area contributed by atoms with Crippen molar-refractivity contribution in [3.63, 3.8) is 0 Å². The molecule has 0 saturated carbocycles. The Kier molecular flexibility index (Phi) is 5.56. The van der Waals surface area contributed by atoms with E-state index >= 15 is 0 Å². The van der Waals surface area contributed by atoms with Gasteiger partial charge in [-0.3, -0.25) is 0 Å². The fourth-order valence-electron chi connectivity index (χ4n) is 2.31. The molecule has 3 nitrogen and oxygen atoms in total. The van der Waals surface area contributed by atoms with Crippen LogP contribution in [0, 0.1) is 6.92 Å². The molecule has 0 aliphatic heterocycles. The first kappa shape index (κ1) is 14.1. The largest absolute Gasteiger partial charge is 0.314 e. The lowest BCUT2D eigenvalue weighted by Gasteiger charge is -2.23. The predicted octanol–water partition coefficient (Wildman–Crippen LogP) is 2.84. The SMILES string of the molecule is CCNC(C)C(CC)c1cc(CC)nc(C)n1. The lowest BCUT2D eigenvalue weighted by Crippen LogP contribution is -2.32. The van der Waals surface area contributed by atoms with Crippen molar-refractivity contribution in [2.24, 2.45) is 0 Å². The fraction of sp³-hybridized carbons (Fsp3) is 0.714. The third-order valence-electron chi connectivity index (χ3n) is 3.22. The molecular weight excluding hydrogens is 210 g/mol. The van der Waals surface area contributed by atoms with Gasteiger partial charge in [-0.05, 0) is 39.3 Å². The van der Waals surface area contributed by atoms with E-state index in [0.717, 1.165) is 30.9 Å². The number of hydrogen-bond acceptors (Lipinski definition) is 3. The smallest absolute Gasteiger partial charge is 0.125 e. The third-order valence-corrected chi connectivity index (χ3v) is 3.22. The molecule has 0 saturated heterocycles. The Morgan fingerprint density at radius 1 is 1.24 bits per heavy atom. The topological polar surface area (TPSA) is 37.8 Å². The molecule has 96 valence electrons. The minimum Gasteiger partial charge on any atom is -0.314 e. The highest BCUT2D eigenvalue weighted by molar-refractivity contribution is 5.16. The average Bonchev–Trinajstić information content (AvgIpc) is 2.29. The van der Waals surface area contributed by atoms with Crippen LogP contribution in [-0.4, -0.2) is 22.6 Å². The van der Waals surface area contributed by atoms with Gasteiger partial charge < -0.3 is 5.32 Å². The van der Waals surface area contributed by atoms with E-state index in [0.29, 0.717) is 12.0 Å². The summed E-state index contributed by atoms with van der Waals surface area (Å²) in [6.07, 6.45) is 2.08. The molecule has 0 radical (unpaired) electrons. The van der Waals surface area contributed by atoms with Crippen LogP contribution in [0.4, 0.5) is 0 Å². The van der Waals surface area contributed by atoms with Crippen molar-refractivity contribution in [3.8, 4) is 0 Å². The molecule has 2 unspecified atom stereocenters. The van der Waals surface area contributed by atoms with Gasteiger partial charge in [-0.25, -0.2) is 9.97 Å². The molecule has 0 aromatic carbocycles. The van der Waals surface area contributed by atoms with Crippen LogP contribution in [0.2, 0.25) is 0 Å². The molecule has 0 aliphatic rings. The summed E-state index contributed by atoms with van der Waals surface area (Å²) in [6.45, 7) is 11.7. The van der Waals surface area contributed by atoms with E-state index in [-0.39, 0.29) is 0 Å². The van der Waals surface area contributed by atoms with Crippen molar-refractivity contribution < 1.29 is 0 Å². The van der Waals surface area contributed by atoms with E-state index in [2.05, 4.69) is 49.0 Å². The normalized spacial score (nSPS) is 14.6. The molecule has 0 amide bonds. The summed E-state index contributed by atoms with van der Waals surface area (Å²) < 4.78 is 0. The van der Waals surface area contributed by atoms with E-state index in [1.807, 2.05) is 6.92 Å². The highest BCUT2D eigenvalue weighted by Crippen LogP contribution is 2.22. The molecule has 0 fully saturated rings. The second-order valence-electron chi connectivity index (χ2n) is 4.55. The van der Waals surface area contributed by atoms with E-state index in [1.165, 1.54) is 5.69 Å². The summed E-state index contributed by atoms with van der Waals surface area (Å²) in [5.41, 5.74) is 2.33. The highest BCUT2D eigenvalue weighted by Gasteiger charge is 2.19. The first-order valence-electron chi connectivity index (χ1n) is 6.70. The lowest BCUT2D eigenvalue weighted by molar-refractivity contribution is 0.451. The maximum absolute atomic E-state index is 4.61. The highest BCUT2D eigenvalue weighted by atomic mass is 14.9. The van der Waals surface area contributed by atoms with Crippen LogP contribution in [0.1, 0.15) is 57.2 Å². The number of nitrogens with zero attached hydrogens (tertiary/aromatic N) is 2. The van der Waals surface area contributed by atoms with Gasteiger partial charge in [0.1, 0.15) is 5.82 Å². The van der Waals surface area contributed by atoms with Crippen molar-refractivity contribution in [2.75, 3.05) is 6.54 Å². The second kappa shape index (κ2) is 6.70. The Morgan fingerprint density at radius 2 is 1.94 bits per heavy atom. The van der Waals surface area contributed by atoms with Crippen molar-refractivity contribution >= 4 is 0 Å². The van der Waals surface area contributed by atoms with Gasteiger partial charge in [-0.1, -0.05) is 20.8 Å². The van der Waals surface area contributed by atoms with E-state index in [4.69, 9.17) is 0 Å². The van der Waals surface area contributed by atoms with Crippen molar-refractivity contribution in [1.82, 2.24) is 15.3 Å². The van der Waals surface area contributed by atoms with Crippen LogP contribution >= 0.6 is 0 Å². The standard InChI is InChI=1S/C14H25N3/c1-6-12-9-14(17-11(5)16-12)13(7-2)10(4)15-8-3/h9-10,13,15H,6-8H2,1-5H3. The van der Waals surface area contributed by atoms with Gasteiger partial charge in [0.05, 0.1) is 0 Å². The molecule has 2 atom stereocenters. The molecular formula is C14H25N3. The molecule has 1 heterocycles. The van der Waals surface area contributed by atoms with Crippen molar-refractivity contribution in [2.45, 2.75) is 59.4 Å². The number of aryl methyl sites for hydroxylation is 2. The Balaban J connectivity index is 2.98. The zero-order chi connectivity index (χ0) is 12.8. The molecule has 0 bridgehead atoms. The third kappa shape index (κ3) is 3.77. The van der Waals surface area contributed by atoms with Crippen LogP contribution < -0.4 is 5.32 Å². The number of nitrogens with one attached hydrogen (secondary N) is 1. The minimum absolute atomic E-state index is 0.462. The predicted molar refractivity (Wildman–Crippen MR) is 72.3 cm³/mol. The van der Waals surface area contributed by atoms with Crippen LogP contribution in [0.25, 0.3) is 0 Å². The van der Waals surface area contributed by atoms with Gasteiger partial charge in [-0.15, -0.1) is 0 Å². The summed E-state index contributed by atoms with van der Waals surface area (Å²) in [5.74, 6) is 1.36. The summed E-state index contributed by atoms with van der Waals surface area (Å²) in [7, 11) is 0. The quantitative estimate of drug-likeness (QED) is 0.824. The minimum atomic E-state index is 0.462. The first-order chi connectivity index (χ1) is 8.12. The first-order valence-corrected chi connectivity index (χ1v) is 6.70. The van der Waals surface area contributed by atoms with Crippen molar-refractivity contribution in [1.29, 1.82) is 0 Å². The van der Waals surface area contributed by atoms with Crippen LogP contribution in [0.5, 0.6) is 0 Å². The number of aromatic nitrogens is 2. The number of hydrogen-bond donors (Lipinski definition) is 1. The average molecular weight is 235 g/mol.